The van der Waals surface area contributed by atoms with E-state index < -0.39 is 16.6 Å². The number of hydrogen-bond acceptors (Lipinski definition) is 5. The monoisotopic (exact) mass is 408 g/mol. The number of hydrogen-bond donors (Lipinski definition) is 0. The second kappa shape index (κ2) is 6.94. The molecule has 150 valence electrons. The van der Waals surface area contributed by atoms with E-state index in [4.69, 9.17) is 14.7 Å². The van der Waals surface area contributed by atoms with Crippen LogP contribution in [0.5, 0.6) is 0 Å². The Kier molecular flexibility index (Phi) is 4.50. The first-order valence-electron chi connectivity index (χ1n) is 10.1. The van der Waals surface area contributed by atoms with Crippen LogP contribution in [0.15, 0.2) is 53.4 Å². The van der Waals surface area contributed by atoms with Gasteiger partial charge in [0.2, 0.25) is 0 Å². The lowest BCUT2D eigenvalue weighted by Crippen LogP contribution is -2.40. The van der Waals surface area contributed by atoms with Crippen LogP contribution in [0.2, 0.25) is 0 Å². The number of aryl methyl sites for hydroxylation is 1. The first kappa shape index (κ1) is 18.8. The van der Waals surface area contributed by atoms with Crippen LogP contribution in [0.1, 0.15) is 36.8 Å². The molecular formula is C23H24N2O3S. The standard InChI is InChI=1S/C23H24N2O3S/c1-17-2-8-20(9-3-17)29(26)21-22(10-12-23(13-11-22)27-14-15-28-23)25(21)19-6-4-18(16-24)5-7-19/h2-9,21H,10-15H2,1H3. The van der Waals surface area contributed by atoms with Gasteiger partial charge in [-0.1, -0.05) is 17.7 Å². The van der Waals surface area contributed by atoms with Gasteiger partial charge >= 0.3 is 0 Å². The predicted octanol–water partition coefficient (Wildman–Crippen LogP) is 3.88. The van der Waals surface area contributed by atoms with Gasteiger partial charge in [-0.25, -0.2) is 0 Å². The highest BCUT2D eigenvalue weighted by Gasteiger charge is 2.68. The number of benzene rings is 2. The lowest BCUT2D eigenvalue weighted by Gasteiger charge is -2.36. The van der Waals surface area contributed by atoms with Gasteiger partial charge in [-0.15, -0.1) is 0 Å². The van der Waals surface area contributed by atoms with Gasteiger partial charge in [0.05, 0.1) is 41.2 Å². The lowest BCUT2D eigenvalue weighted by molar-refractivity contribution is -0.179. The van der Waals surface area contributed by atoms with Gasteiger partial charge in [-0.3, -0.25) is 4.21 Å². The molecule has 0 aromatic heterocycles. The number of nitriles is 1. The molecule has 2 aliphatic heterocycles. The highest BCUT2D eigenvalue weighted by atomic mass is 32.2. The largest absolute Gasteiger partial charge is 0.348 e. The third kappa shape index (κ3) is 3.09. The summed E-state index contributed by atoms with van der Waals surface area (Å²) in [6, 6.07) is 17.8. The molecular weight excluding hydrogens is 384 g/mol. The fourth-order valence-electron chi connectivity index (χ4n) is 4.87. The second-order valence-corrected chi connectivity index (χ2v) is 9.72. The maximum absolute atomic E-state index is 13.6. The van der Waals surface area contributed by atoms with E-state index in [1.165, 1.54) is 0 Å². The summed E-state index contributed by atoms with van der Waals surface area (Å²) in [7, 11) is -1.14. The first-order chi connectivity index (χ1) is 14.1. The Balaban J connectivity index is 1.46. The zero-order valence-corrected chi connectivity index (χ0v) is 17.3. The summed E-state index contributed by atoms with van der Waals surface area (Å²) >= 11 is 0. The van der Waals surface area contributed by atoms with Crippen molar-refractivity contribution in [3.05, 3.63) is 59.7 Å². The average molecular weight is 409 g/mol. The summed E-state index contributed by atoms with van der Waals surface area (Å²) in [5.74, 6) is -0.444. The third-order valence-electron chi connectivity index (χ3n) is 6.53. The molecule has 0 radical (unpaired) electrons. The third-order valence-corrected chi connectivity index (χ3v) is 8.32. The number of ether oxygens (including phenoxy) is 2. The van der Waals surface area contributed by atoms with Crippen LogP contribution in [0, 0.1) is 18.3 Å². The van der Waals surface area contributed by atoms with E-state index >= 15 is 0 Å². The van der Waals surface area contributed by atoms with Gasteiger partial charge in [0, 0.05) is 23.4 Å². The molecule has 0 amide bonds. The van der Waals surface area contributed by atoms with Crippen molar-refractivity contribution >= 4 is 16.5 Å². The van der Waals surface area contributed by atoms with Crippen molar-refractivity contribution in [2.45, 2.75) is 54.2 Å². The van der Waals surface area contributed by atoms with Crippen molar-refractivity contribution in [1.82, 2.24) is 0 Å². The second-order valence-electron chi connectivity index (χ2n) is 8.20. The molecule has 2 spiro atoms. The Hall–Kier alpha value is -2.20. The molecule has 2 aromatic rings. The summed E-state index contributed by atoms with van der Waals surface area (Å²) in [5, 5.41) is 9.04. The van der Waals surface area contributed by atoms with Gasteiger partial charge < -0.3 is 14.4 Å². The molecule has 29 heavy (non-hydrogen) atoms. The molecule has 2 saturated heterocycles. The van der Waals surface area contributed by atoms with Crippen LogP contribution in [0.25, 0.3) is 0 Å². The molecule has 1 aliphatic carbocycles. The van der Waals surface area contributed by atoms with Gasteiger partial charge in [0.1, 0.15) is 5.37 Å². The Labute approximate surface area is 173 Å². The van der Waals surface area contributed by atoms with Crippen molar-refractivity contribution in [1.29, 1.82) is 5.26 Å². The molecule has 2 heterocycles. The van der Waals surface area contributed by atoms with E-state index in [2.05, 4.69) is 11.0 Å². The highest BCUT2D eigenvalue weighted by molar-refractivity contribution is 7.86. The van der Waals surface area contributed by atoms with Crippen molar-refractivity contribution in [2.75, 3.05) is 18.1 Å². The van der Waals surface area contributed by atoms with Gasteiger partial charge in [-0.05, 0) is 56.2 Å². The molecule has 2 aromatic carbocycles. The molecule has 5 rings (SSSR count). The first-order valence-corrected chi connectivity index (χ1v) is 11.3. The quantitative estimate of drug-likeness (QED) is 0.722. The Morgan fingerprint density at radius 2 is 1.62 bits per heavy atom. The molecule has 2 unspecified atom stereocenters. The normalized spacial score (nSPS) is 25.1. The van der Waals surface area contributed by atoms with Crippen molar-refractivity contribution < 1.29 is 13.7 Å². The molecule has 1 saturated carbocycles. The number of anilines is 1. The van der Waals surface area contributed by atoms with E-state index in [0.717, 1.165) is 41.8 Å². The van der Waals surface area contributed by atoms with Gasteiger partial charge in [-0.2, -0.15) is 5.26 Å². The van der Waals surface area contributed by atoms with Crippen LogP contribution in [0.3, 0.4) is 0 Å². The van der Waals surface area contributed by atoms with Crippen LogP contribution in [-0.4, -0.2) is 34.1 Å². The molecule has 5 nitrogen and oxygen atoms in total. The smallest absolute Gasteiger partial charge is 0.168 e. The van der Waals surface area contributed by atoms with Crippen molar-refractivity contribution in [3.63, 3.8) is 0 Å². The van der Waals surface area contributed by atoms with Crippen molar-refractivity contribution in [3.8, 4) is 6.07 Å². The molecule has 0 N–H and O–H groups in total. The van der Waals surface area contributed by atoms with E-state index in [9.17, 15) is 4.21 Å². The van der Waals surface area contributed by atoms with Crippen molar-refractivity contribution in [2.24, 2.45) is 0 Å². The maximum Gasteiger partial charge on any atom is 0.168 e. The minimum Gasteiger partial charge on any atom is -0.348 e. The lowest BCUT2D eigenvalue weighted by atomic mass is 9.84. The van der Waals surface area contributed by atoms with Crippen LogP contribution in [0.4, 0.5) is 5.69 Å². The minimum absolute atomic E-state index is 0.0723. The minimum atomic E-state index is -1.14. The summed E-state index contributed by atoms with van der Waals surface area (Å²) in [6.07, 6.45) is 3.41. The van der Waals surface area contributed by atoms with Crippen LogP contribution < -0.4 is 4.90 Å². The molecule has 6 heteroatoms. The predicted molar refractivity (Wildman–Crippen MR) is 111 cm³/mol. The average Bonchev–Trinajstić information content (AvgIpc) is 3.16. The molecule has 3 fully saturated rings. The summed E-state index contributed by atoms with van der Waals surface area (Å²) in [4.78, 5) is 3.16. The summed E-state index contributed by atoms with van der Waals surface area (Å²) < 4.78 is 25.4. The maximum atomic E-state index is 13.6. The van der Waals surface area contributed by atoms with E-state index in [1.54, 1.807) is 0 Å². The SMILES string of the molecule is Cc1ccc(S(=O)C2N(c3ccc(C#N)cc3)C23CCC2(CC3)OCCO2)cc1. The molecule has 0 bridgehead atoms. The number of nitrogens with zero attached hydrogens (tertiary/aromatic N) is 2. The summed E-state index contributed by atoms with van der Waals surface area (Å²) in [6.45, 7) is 3.35. The van der Waals surface area contributed by atoms with E-state index in [-0.39, 0.29) is 10.9 Å². The fraction of sp³-hybridized carbons (Fsp3) is 0.435. The van der Waals surface area contributed by atoms with Gasteiger partial charge in [0.25, 0.3) is 0 Å². The Morgan fingerprint density at radius 3 is 2.21 bits per heavy atom. The van der Waals surface area contributed by atoms with Gasteiger partial charge in [0.15, 0.2) is 5.79 Å². The van der Waals surface area contributed by atoms with Crippen LogP contribution in [-0.2, 0) is 20.3 Å². The number of rotatable bonds is 3. The summed E-state index contributed by atoms with van der Waals surface area (Å²) in [5.41, 5.74) is 2.68. The highest BCUT2D eigenvalue weighted by Crippen LogP contribution is 2.58. The fourth-order valence-corrected chi connectivity index (χ4v) is 6.74. The van der Waals surface area contributed by atoms with Crippen LogP contribution >= 0.6 is 0 Å². The zero-order chi connectivity index (χ0) is 20.1. The molecule has 3 aliphatic rings. The Bertz CT molecular complexity index is 965. The topological polar surface area (TPSA) is 62.3 Å². The Morgan fingerprint density at radius 1 is 1.00 bits per heavy atom. The molecule has 2 atom stereocenters. The zero-order valence-electron chi connectivity index (χ0n) is 16.5. The van der Waals surface area contributed by atoms with E-state index in [1.807, 2.05) is 55.5 Å². The van der Waals surface area contributed by atoms with E-state index in [0.29, 0.717) is 18.8 Å².